The maximum absolute atomic E-state index is 13.3. The summed E-state index contributed by atoms with van der Waals surface area (Å²) in [4.78, 5) is 17.7. The van der Waals surface area contributed by atoms with E-state index in [4.69, 9.17) is 5.73 Å². The Morgan fingerprint density at radius 2 is 1.81 bits per heavy atom. The molecule has 2 N–H and O–H groups in total. The number of hydrogen-bond acceptors (Lipinski definition) is 6. The second-order valence-corrected chi connectivity index (χ2v) is 6.63. The summed E-state index contributed by atoms with van der Waals surface area (Å²) in [5.41, 5.74) is 8.47. The predicted molar refractivity (Wildman–Crippen MR) is 100 cm³/mol. The molecule has 0 amide bonds. The average Bonchev–Trinajstić information content (AvgIpc) is 2.62. The van der Waals surface area contributed by atoms with Crippen LogP contribution in [-0.2, 0) is 6.54 Å². The molecule has 0 saturated carbocycles. The number of pyridine rings is 1. The number of hydrogen-bond donors (Lipinski definition) is 1. The van der Waals surface area contributed by atoms with E-state index in [0.717, 1.165) is 60.8 Å². The summed E-state index contributed by atoms with van der Waals surface area (Å²) in [5.74, 6) is 0.975. The molecular formula is C19H21FN6. The van der Waals surface area contributed by atoms with Crippen LogP contribution in [0.25, 0.3) is 10.9 Å². The number of piperazine rings is 1. The van der Waals surface area contributed by atoms with E-state index in [1.165, 1.54) is 12.1 Å². The molecule has 7 heteroatoms. The Kier molecular flexibility index (Phi) is 4.38. The van der Waals surface area contributed by atoms with Gasteiger partial charge >= 0.3 is 0 Å². The van der Waals surface area contributed by atoms with Crippen LogP contribution in [0.1, 0.15) is 11.4 Å². The van der Waals surface area contributed by atoms with E-state index in [-0.39, 0.29) is 5.82 Å². The predicted octanol–water partition coefficient (Wildman–Crippen LogP) is 2.38. The van der Waals surface area contributed by atoms with Crippen LogP contribution in [-0.4, -0.2) is 46.0 Å². The number of nitrogens with zero attached hydrogens (tertiary/aromatic N) is 5. The first-order valence-electron chi connectivity index (χ1n) is 8.70. The summed E-state index contributed by atoms with van der Waals surface area (Å²) in [6.07, 6.45) is 0. The van der Waals surface area contributed by atoms with E-state index in [1.54, 1.807) is 6.07 Å². The Morgan fingerprint density at radius 3 is 2.58 bits per heavy atom. The monoisotopic (exact) mass is 352 g/mol. The van der Waals surface area contributed by atoms with Crippen LogP contribution in [0.15, 0.2) is 36.4 Å². The van der Waals surface area contributed by atoms with Gasteiger partial charge in [-0.3, -0.25) is 9.88 Å². The Labute approximate surface area is 151 Å². The molecule has 1 aliphatic heterocycles. The van der Waals surface area contributed by atoms with Crippen LogP contribution in [0.2, 0.25) is 0 Å². The molecule has 4 rings (SSSR count). The highest BCUT2D eigenvalue weighted by atomic mass is 19.1. The average molecular weight is 352 g/mol. The fraction of sp³-hybridized carbons (Fsp3) is 0.316. The summed E-state index contributed by atoms with van der Waals surface area (Å²) in [6.45, 7) is 6.32. The molecule has 1 saturated heterocycles. The lowest BCUT2D eigenvalue weighted by molar-refractivity contribution is 0.247. The van der Waals surface area contributed by atoms with Crippen molar-refractivity contribution >= 4 is 22.7 Å². The van der Waals surface area contributed by atoms with Gasteiger partial charge in [0.25, 0.3) is 0 Å². The summed E-state index contributed by atoms with van der Waals surface area (Å²) >= 11 is 0. The maximum Gasteiger partial charge on any atom is 0.222 e. The van der Waals surface area contributed by atoms with Crippen molar-refractivity contribution in [3.05, 3.63) is 53.6 Å². The van der Waals surface area contributed by atoms with Crippen LogP contribution in [0, 0.1) is 12.7 Å². The van der Waals surface area contributed by atoms with E-state index >= 15 is 0 Å². The minimum Gasteiger partial charge on any atom is -0.368 e. The Bertz CT molecular complexity index is 916. The highest BCUT2D eigenvalue weighted by Crippen LogP contribution is 2.18. The van der Waals surface area contributed by atoms with Crippen LogP contribution >= 0.6 is 0 Å². The summed E-state index contributed by atoms with van der Waals surface area (Å²) < 4.78 is 13.3. The third-order valence-electron chi connectivity index (χ3n) is 4.65. The molecule has 0 radical (unpaired) electrons. The summed E-state index contributed by atoms with van der Waals surface area (Å²) in [7, 11) is 0. The number of benzene rings is 1. The molecule has 0 atom stereocenters. The van der Waals surface area contributed by atoms with Gasteiger partial charge in [-0.1, -0.05) is 6.07 Å². The Morgan fingerprint density at radius 1 is 1.00 bits per heavy atom. The molecule has 134 valence electrons. The zero-order valence-corrected chi connectivity index (χ0v) is 14.7. The van der Waals surface area contributed by atoms with Crippen molar-refractivity contribution < 1.29 is 4.39 Å². The van der Waals surface area contributed by atoms with Gasteiger partial charge in [0.1, 0.15) is 11.6 Å². The Balaban J connectivity index is 1.41. The molecule has 0 aliphatic carbocycles. The molecule has 1 aromatic carbocycles. The Hall–Kier alpha value is -2.80. The van der Waals surface area contributed by atoms with E-state index < -0.39 is 0 Å². The quantitative estimate of drug-likeness (QED) is 0.780. The molecule has 0 unspecified atom stereocenters. The lowest BCUT2D eigenvalue weighted by atomic mass is 10.2. The van der Waals surface area contributed by atoms with Crippen molar-refractivity contribution in [2.45, 2.75) is 13.5 Å². The van der Waals surface area contributed by atoms with Gasteiger partial charge in [0.2, 0.25) is 5.95 Å². The molecule has 2 aromatic heterocycles. The normalized spacial score (nSPS) is 15.5. The summed E-state index contributed by atoms with van der Waals surface area (Å²) in [5, 5.41) is 0.829. The van der Waals surface area contributed by atoms with Gasteiger partial charge in [0.15, 0.2) is 0 Å². The molecule has 6 nitrogen and oxygen atoms in total. The van der Waals surface area contributed by atoms with Gasteiger partial charge in [-0.2, -0.15) is 4.98 Å². The molecule has 0 spiro atoms. The fourth-order valence-electron chi connectivity index (χ4n) is 3.33. The van der Waals surface area contributed by atoms with E-state index in [0.29, 0.717) is 5.95 Å². The first kappa shape index (κ1) is 16.7. The van der Waals surface area contributed by atoms with Gasteiger partial charge in [0, 0.05) is 49.9 Å². The number of fused-ring (bicyclic) bond motifs is 1. The van der Waals surface area contributed by atoms with Crippen molar-refractivity contribution in [3.63, 3.8) is 0 Å². The lowest BCUT2D eigenvalue weighted by Crippen LogP contribution is -2.46. The standard InChI is InChI=1S/C19H21FN6/c1-13-10-18(24-19(21)22-13)26-8-6-25(7-9-26)12-16-4-2-14-11-15(20)3-5-17(14)23-16/h2-5,10-11H,6-9,12H2,1H3,(H2,21,22,24). The molecule has 3 heterocycles. The van der Waals surface area contributed by atoms with Crippen LogP contribution in [0.3, 0.4) is 0 Å². The second-order valence-electron chi connectivity index (χ2n) is 6.63. The largest absolute Gasteiger partial charge is 0.368 e. The van der Waals surface area contributed by atoms with Gasteiger partial charge in [-0.25, -0.2) is 9.37 Å². The molecule has 1 fully saturated rings. The van der Waals surface area contributed by atoms with Gasteiger partial charge in [-0.15, -0.1) is 0 Å². The number of rotatable bonds is 3. The first-order chi connectivity index (χ1) is 12.6. The van der Waals surface area contributed by atoms with Crippen molar-refractivity contribution in [3.8, 4) is 0 Å². The van der Waals surface area contributed by atoms with Gasteiger partial charge < -0.3 is 10.6 Å². The topological polar surface area (TPSA) is 71.2 Å². The number of halogens is 1. The SMILES string of the molecule is Cc1cc(N2CCN(Cc3ccc4cc(F)ccc4n3)CC2)nc(N)n1. The molecule has 0 bridgehead atoms. The van der Waals surface area contributed by atoms with Crippen molar-refractivity contribution in [2.75, 3.05) is 36.8 Å². The number of aryl methyl sites for hydroxylation is 1. The van der Waals surface area contributed by atoms with Crippen LogP contribution in [0.5, 0.6) is 0 Å². The zero-order chi connectivity index (χ0) is 18.1. The zero-order valence-electron chi connectivity index (χ0n) is 14.7. The van der Waals surface area contributed by atoms with E-state index in [9.17, 15) is 4.39 Å². The third kappa shape index (κ3) is 3.57. The van der Waals surface area contributed by atoms with Crippen LogP contribution in [0.4, 0.5) is 16.2 Å². The number of aromatic nitrogens is 3. The second kappa shape index (κ2) is 6.84. The minimum atomic E-state index is -0.233. The van der Waals surface area contributed by atoms with Crippen molar-refractivity contribution in [2.24, 2.45) is 0 Å². The molecular weight excluding hydrogens is 331 g/mol. The number of anilines is 2. The van der Waals surface area contributed by atoms with E-state index in [2.05, 4.69) is 24.8 Å². The van der Waals surface area contributed by atoms with E-state index in [1.807, 2.05) is 25.1 Å². The molecule has 3 aromatic rings. The van der Waals surface area contributed by atoms with Crippen molar-refractivity contribution in [1.82, 2.24) is 19.9 Å². The van der Waals surface area contributed by atoms with Gasteiger partial charge in [-0.05, 0) is 31.2 Å². The summed E-state index contributed by atoms with van der Waals surface area (Å²) in [6, 6.07) is 10.6. The van der Waals surface area contributed by atoms with Gasteiger partial charge in [0.05, 0.1) is 11.2 Å². The molecule has 1 aliphatic rings. The number of nitrogens with two attached hydrogens (primary N) is 1. The van der Waals surface area contributed by atoms with Crippen LogP contribution < -0.4 is 10.6 Å². The fourth-order valence-corrected chi connectivity index (χ4v) is 3.33. The van der Waals surface area contributed by atoms with Crippen molar-refractivity contribution in [1.29, 1.82) is 0 Å². The third-order valence-corrected chi connectivity index (χ3v) is 4.65. The molecule has 26 heavy (non-hydrogen) atoms. The smallest absolute Gasteiger partial charge is 0.222 e. The first-order valence-corrected chi connectivity index (χ1v) is 8.70. The maximum atomic E-state index is 13.3. The lowest BCUT2D eigenvalue weighted by Gasteiger charge is -2.35. The minimum absolute atomic E-state index is 0.233. The highest BCUT2D eigenvalue weighted by molar-refractivity contribution is 5.78. The highest BCUT2D eigenvalue weighted by Gasteiger charge is 2.19. The number of nitrogen functional groups attached to an aromatic ring is 1.